The Labute approximate surface area is 131 Å². The van der Waals surface area contributed by atoms with Gasteiger partial charge < -0.3 is 15.2 Å². The third-order valence-corrected chi connectivity index (χ3v) is 3.28. The van der Waals surface area contributed by atoms with Crippen LogP contribution in [0.2, 0.25) is 0 Å². The van der Waals surface area contributed by atoms with Crippen LogP contribution in [0.1, 0.15) is 42.6 Å². The average molecular weight is 307 g/mol. The van der Waals surface area contributed by atoms with E-state index in [1.807, 2.05) is 0 Å². The number of carbonyl (C=O) groups is 2. The van der Waals surface area contributed by atoms with Gasteiger partial charge >= 0.3 is 5.97 Å². The van der Waals surface area contributed by atoms with Crippen molar-refractivity contribution in [3.05, 3.63) is 35.4 Å². The number of carboxylic acids is 1. The summed E-state index contributed by atoms with van der Waals surface area (Å²) in [7, 11) is 0. The van der Waals surface area contributed by atoms with Crippen molar-refractivity contribution in [3.8, 4) is 0 Å². The van der Waals surface area contributed by atoms with Gasteiger partial charge in [0.2, 0.25) is 5.91 Å². The van der Waals surface area contributed by atoms with E-state index in [1.165, 1.54) is 0 Å². The van der Waals surface area contributed by atoms with Crippen LogP contribution in [0.15, 0.2) is 24.3 Å². The summed E-state index contributed by atoms with van der Waals surface area (Å²) >= 11 is 0. The average Bonchev–Trinajstić information content (AvgIpc) is 2.48. The van der Waals surface area contributed by atoms with Crippen LogP contribution in [0.25, 0.3) is 0 Å². The Morgan fingerprint density at radius 1 is 1.23 bits per heavy atom. The van der Waals surface area contributed by atoms with Gasteiger partial charge in [-0.3, -0.25) is 4.79 Å². The lowest BCUT2D eigenvalue weighted by molar-refractivity contribution is -0.121. The maximum Gasteiger partial charge on any atom is 0.335 e. The van der Waals surface area contributed by atoms with Crippen molar-refractivity contribution in [2.75, 3.05) is 19.8 Å². The van der Waals surface area contributed by atoms with Crippen LogP contribution in [0, 0.1) is 5.92 Å². The molecule has 0 bridgehead atoms. The monoisotopic (exact) mass is 307 g/mol. The number of carbonyl (C=O) groups excluding carboxylic acids is 1. The minimum absolute atomic E-state index is 0.0901. The fraction of sp³-hybridized carbons (Fsp3) is 0.529. The zero-order chi connectivity index (χ0) is 16.4. The highest BCUT2D eigenvalue weighted by atomic mass is 16.5. The van der Waals surface area contributed by atoms with E-state index in [9.17, 15) is 9.59 Å². The molecule has 0 heterocycles. The smallest absolute Gasteiger partial charge is 0.335 e. The minimum Gasteiger partial charge on any atom is -0.478 e. The number of hydrogen-bond donors (Lipinski definition) is 2. The number of aromatic carboxylic acids is 1. The first-order chi connectivity index (χ1) is 10.5. The Hall–Kier alpha value is -1.88. The number of carboxylic acid groups (broad SMARTS) is 1. The molecule has 1 aromatic carbocycles. The fourth-order valence-corrected chi connectivity index (χ4v) is 1.97. The molecule has 22 heavy (non-hydrogen) atoms. The molecule has 0 aromatic heterocycles. The molecule has 0 saturated carbocycles. The molecule has 1 rings (SSSR count). The predicted octanol–water partition coefficient (Wildman–Crippen LogP) is 2.50. The molecule has 0 aliphatic rings. The second-order valence-corrected chi connectivity index (χ2v) is 5.61. The maximum absolute atomic E-state index is 11.7. The van der Waals surface area contributed by atoms with Crippen molar-refractivity contribution in [1.29, 1.82) is 0 Å². The first kappa shape index (κ1) is 18.2. The van der Waals surface area contributed by atoms with Crippen LogP contribution in [0.3, 0.4) is 0 Å². The summed E-state index contributed by atoms with van der Waals surface area (Å²) in [6, 6.07) is 6.76. The van der Waals surface area contributed by atoms with Gasteiger partial charge in [0.1, 0.15) is 0 Å². The molecule has 0 radical (unpaired) electrons. The molecule has 0 aliphatic heterocycles. The van der Waals surface area contributed by atoms with Gasteiger partial charge in [-0.25, -0.2) is 4.79 Å². The predicted molar refractivity (Wildman–Crippen MR) is 85.0 cm³/mol. The third kappa shape index (κ3) is 7.22. The molecule has 5 heteroatoms. The van der Waals surface area contributed by atoms with E-state index < -0.39 is 5.97 Å². The molecule has 0 atom stereocenters. The van der Waals surface area contributed by atoms with Crippen molar-refractivity contribution in [2.45, 2.75) is 33.1 Å². The van der Waals surface area contributed by atoms with Crippen LogP contribution in [0.5, 0.6) is 0 Å². The van der Waals surface area contributed by atoms with Crippen molar-refractivity contribution < 1.29 is 19.4 Å². The zero-order valence-electron chi connectivity index (χ0n) is 13.3. The number of benzene rings is 1. The van der Waals surface area contributed by atoms with Gasteiger partial charge in [-0.2, -0.15) is 0 Å². The maximum atomic E-state index is 11.7. The number of rotatable bonds is 10. The van der Waals surface area contributed by atoms with Crippen molar-refractivity contribution in [1.82, 2.24) is 5.32 Å². The van der Waals surface area contributed by atoms with Gasteiger partial charge in [0.15, 0.2) is 0 Å². The summed E-state index contributed by atoms with van der Waals surface area (Å²) < 4.78 is 5.42. The molecule has 0 fully saturated rings. The number of aryl methyl sites for hydroxylation is 1. The van der Waals surface area contributed by atoms with Crippen LogP contribution in [-0.4, -0.2) is 36.7 Å². The molecule has 0 spiro atoms. The number of amides is 1. The lowest BCUT2D eigenvalue weighted by Gasteiger charge is -2.08. The Morgan fingerprint density at radius 2 is 1.95 bits per heavy atom. The summed E-state index contributed by atoms with van der Waals surface area (Å²) in [5.41, 5.74) is 0.936. The van der Waals surface area contributed by atoms with Crippen LogP contribution >= 0.6 is 0 Å². The highest BCUT2D eigenvalue weighted by molar-refractivity contribution is 5.89. The van der Waals surface area contributed by atoms with Crippen molar-refractivity contribution >= 4 is 11.9 Å². The van der Waals surface area contributed by atoms with Crippen LogP contribution < -0.4 is 5.32 Å². The summed E-state index contributed by atoms with van der Waals surface area (Å²) in [5.74, 6) is -0.439. The van der Waals surface area contributed by atoms with Gasteiger partial charge in [0.05, 0.1) is 12.2 Å². The van der Waals surface area contributed by atoms with E-state index >= 15 is 0 Å². The first-order valence-electron chi connectivity index (χ1n) is 7.66. The van der Waals surface area contributed by atoms with Crippen molar-refractivity contribution in [2.24, 2.45) is 5.92 Å². The van der Waals surface area contributed by atoms with Gasteiger partial charge in [-0.05, 0) is 30.4 Å². The first-order valence-corrected chi connectivity index (χ1v) is 7.66. The molecular weight excluding hydrogens is 282 g/mol. The van der Waals surface area contributed by atoms with Crippen LogP contribution in [-0.2, 0) is 16.0 Å². The summed E-state index contributed by atoms with van der Waals surface area (Å²) in [6.45, 7) is 5.97. The topological polar surface area (TPSA) is 75.6 Å². The van der Waals surface area contributed by atoms with E-state index in [2.05, 4.69) is 19.2 Å². The molecule has 0 aliphatic carbocycles. The van der Waals surface area contributed by atoms with E-state index in [1.54, 1.807) is 24.3 Å². The standard InChI is InChI=1S/C17H25NO4/c1-13(2)9-11-22-12-10-18-16(19)8-7-14-5-3-4-6-15(14)17(20)21/h3-6,13H,7-12H2,1-2H3,(H,18,19)(H,20,21). The molecule has 0 unspecified atom stereocenters. The Morgan fingerprint density at radius 3 is 2.64 bits per heavy atom. The Bertz CT molecular complexity index is 485. The number of hydrogen-bond acceptors (Lipinski definition) is 3. The van der Waals surface area contributed by atoms with E-state index in [-0.39, 0.29) is 17.9 Å². The second kappa shape index (κ2) is 9.95. The zero-order valence-corrected chi connectivity index (χ0v) is 13.3. The SMILES string of the molecule is CC(C)CCOCCNC(=O)CCc1ccccc1C(=O)O. The number of nitrogens with one attached hydrogen (secondary N) is 1. The summed E-state index contributed by atoms with van der Waals surface area (Å²) in [6.07, 6.45) is 1.71. The molecule has 2 N–H and O–H groups in total. The Kier molecular flexibility index (Phi) is 8.22. The normalized spacial score (nSPS) is 10.7. The van der Waals surface area contributed by atoms with Gasteiger partial charge in [-0.15, -0.1) is 0 Å². The molecular formula is C17H25NO4. The van der Waals surface area contributed by atoms with E-state index in [0.29, 0.717) is 37.7 Å². The Balaban J connectivity index is 2.22. The highest BCUT2D eigenvalue weighted by Crippen LogP contribution is 2.11. The molecule has 122 valence electrons. The van der Waals surface area contributed by atoms with E-state index in [0.717, 1.165) is 6.42 Å². The summed E-state index contributed by atoms with van der Waals surface area (Å²) in [4.78, 5) is 22.8. The van der Waals surface area contributed by atoms with Crippen LogP contribution in [0.4, 0.5) is 0 Å². The molecule has 1 aromatic rings. The van der Waals surface area contributed by atoms with Gasteiger partial charge in [0, 0.05) is 19.6 Å². The summed E-state index contributed by atoms with van der Waals surface area (Å²) in [5, 5.41) is 11.9. The van der Waals surface area contributed by atoms with Gasteiger partial charge in [-0.1, -0.05) is 32.0 Å². The van der Waals surface area contributed by atoms with Crippen molar-refractivity contribution in [3.63, 3.8) is 0 Å². The number of ether oxygens (including phenoxy) is 1. The third-order valence-electron chi connectivity index (χ3n) is 3.28. The minimum atomic E-state index is -0.963. The fourth-order valence-electron chi connectivity index (χ4n) is 1.97. The molecule has 1 amide bonds. The lowest BCUT2D eigenvalue weighted by Crippen LogP contribution is -2.27. The van der Waals surface area contributed by atoms with E-state index in [4.69, 9.17) is 9.84 Å². The molecule has 0 saturated heterocycles. The largest absolute Gasteiger partial charge is 0.478 e. The highest BCUT2D eigenvalue weighted by Gasteiger charge is 2.10. The second-order valence-electron chi connectivity index (χ2n) is 5.61. The molecule has 5 nitrogen and oxygen atoms in total. The lowest BCUT2D eigenvalue weighted by atomic mass is 10.0. The quantitative estimate of drug-likeness (QED) is 0.651. The van der Waals surface area contributed by atoms with Gasteiger partial charge in [0.25, 0.3) is 0 Å².